The number of unbranched alkanes of at least 4 members (excludes halogenated alkanes) is 15. The minimum Gasteiger partial charge on any atom is -0.354 e. The maximum atomic E-state index is 14.2. The number of hydrogen-bond acceptors (Lipinski definition) is 8. The van der Waals surface area contributed by atoms with Crippen LogP contribution < -0.4 is 22.2 Å². The topological polar surface area (TPSA) is 154 Å². The fourth-order valence-electron chi connectivity index (χ4n) is 15.8. The quantitative estimate of drug-likeness (QED) is 0.0439. The second kappa shape index (κ2) is 31.8. The van der Waals surface area contributed by atoms with Gasteiger partial charge in [-0.05, 0) is 187 Å². The molecule has 3 aromatic carbocycles. The van der Waals surface area contributed by atoms with Crippen LogP contribution in [0.25, 0.3) is 88.2 Å². The molecule has 8 heterocycles. The molecule has 2 N–H and O–H groups in total. The lowest BCUT2D eigenvalue weighted by molar-refractivity contribution is -0.201. The zero-order valence-corrected chi connectivity index (χ0v) is 63.3. The van der Waals surface area contributed by atoms with Crippen LogP contribution in [0.2, 0.25) is 0 Å². The molecule has 0 amide bonds. The normalized spacial score (nSPS) is 15.5. The van der Waals surface area contributed by atoms with Crippen LogP contribution in [0.15, 0.2) is 85.9 Å². The van der Waals surface area contributed by atoms with Gasteiger partial charge in [0, 0.05) is 34.3 Å². The summed E-state index contributed by atoms with van der Waals surface area (Å²) in [5.41, 5.74) is 24.5. The summed E-state index contributed by atoms with van der Waals surface area (Å²) in [6.07, 6.45) is 24.9. The molecule has 0 spiro atoms. The number of ether oxygens (including phenoxy) is 2. The average molecular weight is 1350 g/mol. The second-order valence-electron chi connectivity index (χ2n) is 31.5. The Kier molecular flexibility index (Phi) is 23.4. The maximum Gasteiger partial charge on any atom is 0.261 e. The van der Waals surface area contributed by atoms with E-state index in [-0.39, 0.29) is 45.6 Å². The van der Waals surface area contributed by atoms with Gasteiger partial charge in [0.15, 0.2) is 6.29 Å². The Hall–Kier alpha value is -7.54. The van der Waals surface area contributed by atoms with Crippen LogP contribution in [0.4, 0.5) is 0 Å². The number of rotatable bonds is 29. The molecule has 1 saturated heterocycles. The first kappa shape index (κ1) is 73.7. The molecule has 100 heavy (non-hydrogen) atoms. The van der Waals surface area contributed by atoms with Crippen LogP contribution in [-0.4, -0.2) is 42.3 Å². The molecule has 0 unspecified atom stereocenters. The lowest BCUT2D eigenvalue weighted by Crippen LogP contribution is -2.38. The van der Waals surface area contributed by atoms with E-state index in [1.807, 2.05) is 0 Å². The van der Waals surface area contributed by atoms with Crippen LogP contribution in [0.3, 0.4) is 0 Å². The molecule has 11 rings (SSSR count). The van der Waals surface area contributed by atoms with E-state index in [0.29, 0.717) is 13.0 Å². The van der Waals surface area contributed by atoms with Crippen LogP contribution in [0.5, 0.6) is 0 Å². The molecule has 3 aliphatic heterocycles. The van der Waals surface area contributed by atoms with Crippen molar-refractivity contribution in [3.63, 3.8) is 0 Å². The highest BCUT2D eigenvalue weighted by molar-refractivity contribution is 6.04. The third kappa shape index (κ3) is 15.2. The molecule has 12 heteroatoms. The summed E-state index contributed by atoms with van der Waals surface area (Å²) in [6, 6.07) is 22.9. The monoisotopic (exact) mass is 1350 g/mol. The Morgan fingerprint density at radius 3 is 1.26 bits per heavy atom. The van der Waals surface area contributed by atoms with Gasteiger partial charge in [0.25, 0.3) is 22.2 Å². The molecule has 0 aliphatic carbocycles. The van der Waals surface area contributed by atoms with Gasteiger partial charge in [0.2, 0.25) is 0 Å². The lowest BCUT2D eigenvalue weighted by atomic mass is 9.78. The number of allylic oxidation sites excluding steroid dienone is 4. The Balaban J connectivity index is 1.11. The Morgan fingerprint density at radius 1 is 0.450 bits per heavy atom. The highest BCUT2D eigenvalue weighted by Crippen LogP contribution is 2.47. The van der Waals surface area contributed by atoms with Crippen molar-refractivity contribution in [3.05, 3.63) is 170 Å². The van der Waals surface area contributed by atoms with Crippen LogP contribution >= 0.6 is 0 Å². The van der Waals surface area contributed by atoms with Crippen molar-refractivity contribution in [3.8, 4) is 22.3 Å². The SMILES string of the molecule is CCCCCCC1=C(C)c2nc1cc1[nH]c(c(C)c1CCCCCC)c(-c1cc(C(C)(C)C)cc(C(C)(C)C)c1)c1[nH]c(cc3nc(c2-c2ccc(C4OCC(n5c(=O)c6cc7c(=O)n(CCCCCC)c(=O)c7cc6c5=O)CO4)cc2)C(C)=C3CCCCCC)c(CCCCCC)c1C. The summed E-state index contributed by atoms with van der Waals surface area (Å²) in [6.45, 7) is 35.1. The highest BCUT2D eigenvalue weighted by Gasteiger charge is 2.33. The zero-order valence-electron chi connectivity index (χ0n) is 63.3. The Morgan fingerprint density at radius 2 is 0.850 bits per heavy atom. The predicted octanol–water partition coefficient (Wildman–Crippen LogP) is 22.0. The van der Waals surface area contributed by atoms with Crippen LogP contribution in [0.1, 0.15) is 305 Å². The van der Waals surface area contributed by atoms with Crippen molar-refractivity contribution in [1.29, 1.82) is 0 Å². The largest absolute Gasteiger partial charge is 0.354 e. The first-order valence-electron chi connectivity index (χ1n) is 38.6. The molecule has 0 radical (unpaired) electrons. The number of H-pyrrole nitrogens is 2. The van der Waals surface area contributed by atoms with Gasteiger partial charge in [-0.25, -0.2) is 9.97 Å². The van der Waals surface area contributed by atoms with Gasteiger partial charge < -0.3 is 19.4 Å². The summed E-state index contributed by atoms with van der Waals surface area (Å²) >= 11 is 0. The molecule has 0 atom stereocenters. The summed E-state index contributed by atoms with van der Waals surface area (Å²) in [4.78, 5) is 76.0. The number of aryl methyl sites for hydroxylation is 4. The van der Waals surface area contributed by atoms with E-state index in [2.05, 4.69) is 168 Å². The van der Waals surface area contributed by atoms with Gasteiger partial charge in [-0.2, -0.15) is 0 Å². The molecular weight excluding hydrogens is 1240 g/mol. The van der Waals surface area contributed by atoms with E-state index < -0.39 is 34.6 Å². The average Bonchev–Trinajstić information content (AvgIpc) is 1.58. The van der Waals surface area contributed by atoms with E-state index in [9.17, 15) is 19.2 Å². The molecule has 12 nitrogen and oxygen atoms in total. The summed E-state index contributed by atoms with van der Waals surface area (Å²) < 4.78 is 15.4. The van der Waals surface area contributed by atoms with Gasteiger partial charge >= 0.3 is 0 Å². The molecule has 5 aromatic heterocycles. The number of aromatic nitrogens is 6. The third-order valence-electron chi connectivity index (χ3n) is 22.1. The van der Waals surface area contributed by atoms with Crippen molar-refractivity contribution in [2.45, 2.75) is 288 Å². The molecule has 532 valence electrons. The molecule has 0 saturated carbocycles. The molecule has 3 aliphatic rings. The van der Waals surface area contributed by atoms with Gasteiger partial charge in [0.05, 0.1) is 74.6 Å². The molecule has 8 bridgehead atoms. The van der Waals surface area contributed by atoms with E-state index in [0.717, 1.165) is 158 Å². The second-order valence-corrected chi connectivity index (χ2v) is 31.5. The van der Waals surface area contributed by atoms with Crippen LogP contribution in [-0.2, 0) is 39.7 Å². The van der Waals surface area contributed by atoms with Crippen molar-refractivity contribution in [2.75, 3.05) is 13.2 Å². The first-order chi connectivity index (χ1) is 48.0. The zero-order chi connectivity index (χ0) is 71.3. The van der Waals surface area contributed by atoms with Crippen molar-refractivity contribution in [1.82, 2.24) is 29.1 Å². The lowest BCUT2D eigenvalue weighted by Gasteiger charge is -2.29. The van der Waals surface area contributed by atoms with Gasteiger partial charge in [-0.1, -0.05) is 215 Å². The van der Waals surface area contributed by atoms with E-state index >= 15 is 0 Å². The predicted molar refractivity (Wildman–Crippen MR) is 420 cm³/mol. The van der Waals surface area contributed by atoms with Gasteiger partial charge in [0.1, 0.15) is 0 Å². The highest BCUT2D eigenvalue weighted by atomic mass is 16.7. The fraction of sp³-hybridized carbons (Fsp3) is 0.523. The summed E-state index contributed by atoms with van der Waals surface area (Å²) in [7, 11) is 0. The molecule has 1 fully saturated rings. The van der Waals surface area contributed by atoms with E-state index in [1.165, 1.54) is 139 Å². The number of fused-ring (bicyclic) bond motifs is 10. The number of benzene rings is 3. The van der Waals surface area contributed by atoms with Gasteiger partial charge in [-0.3, -0.25) is 28.3 Å². The smallest absolute Gasteiger partial charge is 0.261 e. The fourth-order valence-corrected chi connectivity index (χ4v) is 15.8. The first-order valence-corrected chi connectivity index (χ1v) is 38.6. The van der Waals surface area contributed by atoms with E-state index in [1.54, 1.807) is 0 Å². The third-order valence-corrected chi connectivity index (χ3v) is 22.1. The van der Waals surface area contributed by atoms with E-state index in [4.69, 9.17) is 19.4 Å². The van der Waals surface area contributed by atoms with Gasteiger partial charge in [-0.15, -0.1) is 0 Å². The van der Waals surface area contributed by atoms with Crippen molar-refractivity contribution < 1.29 is 9.47 Å². The minimum atomic E-state index is -0.773. The number of nitrogens with zero attached hydrogens (tertiary/aromatic N) is 4. The number of aromatic amines is 2. The molecular formula is C88H114N6O6. The molecule has 8 aromatic rings. The number of nitrogens with one attached hydrogen (secondary N) is 2. The van der Waals surface area contributed by atoms with Crippen molar-refractivity contribution >= 4 is 65.9 Å². The van der Waals surface area contributed by atoms with Crippen LogP contribution in [0, 0.1) is 13.8 Å². The maximum absolute atomic E-state index is 14.2. The standard InChI is InChI=1S/C88H114N6O6/c1-16-21-26-31-36-64-54(6)78-76(58-40-42-59(43-41-58)86-99-52-63(53-100-86)94-84(97)70-48-68-69(49-71(70)85(94)98)83(96)93(82(68)95)44-35-30-25-20-5)79-55(7)65(37-32-27-22-17-2)73(90-79)51-75-67(39-34-29-24-19-4)57(9)81(92-75)77(60-45-61(87(10,11)12)47-62(46-60)88(13,14)15)80-56(8)66(38-33-28-23-18-3)74(91-80)50-72(64)89-78/h40-43,45-51,63,86,91-92H,16-39,44,52-53H2,1-15H3. The Labute approximate surface area is 594 Å². The minimum absolute atomic E-state index is 0.0404. The summed E-state index contributed by atoms with van der Waals surface area (Å²) in [5, 5.41) is 0.575. The Bertz CT molecular complexity index is 4510. The summed E-state index contributed by atoms with van der Waals surface area (Å²) in [5.74, 6) is 0. The van der Waals surface area contributed by atoms with Crippen molar-refractivity contribution in [2.24, 2.45) is 0 Å². The number of hydrogen-bond donors (Lipinski definition) is 2.